The van der Waals surface area contributed by atoms with Crippen molar-refractivity contribution >= 4 is 29.0 Å². The van der Waals surface area contributed by atoms with Crippen LogP contribution in [0.5, 0.6) is 0 Å². The van der Waals surface area contributed by atoms with Gasteiger partial charge in [-0.25, -0.2) is 18.2 Å². The highest BCUT2D eigenvalue weighted by Gasteiger charge is 2.44. The van der Waals surface area contributed by atoms with Crippen molar-refractivity contribution in [2.75, 3.05) is 12.0 Å². The summed E-state index contributed by atoms with van der Waals surface area (Å²) in [6, 6.07) is 6.93. The molecule has 0 spiro atoms. The molecule has 3 rings (SSSR count). The predicted molar refractivity (Wildman–Crippen MR) is 102 cm³/mol. The molecule has 0 radical (unpaired) electrons. The molecule has 28 heavy (non-hydrogen) atoms. The fourth-order valence-corrected chi connectivity index (χ4v) is 3.15. The van der Waals surface area contributed by atoms with Gasteiger partial charge < -0.3 is 11.1 Å². The van der Waals surface area contributed by atoms with Crippen molar-refractivity contribution < 1.29 is 18.0 Å². The number of amides is 1. The van der Waals surface area contributed by atoms with Crippen molar-refractivity contribution in [1.29, 1.82) is 0 Å². The van der Waals surface area contributed by atoms with Crippen LogP contribution in [0.15, 0.2) is 41.5 Å². The molecule has 0 fully saturated rings. The average molecular weight is 411 g/mol. The van der Waals surface area contributed by atoms with Crippen molar-refractivity contribution in [3.8, 4) is 0 Å². The normalized spacial score (nSPS) is 24.5. The van der Waals surface area contributed by atoms with Crippen molar-refractivity contribution in [1.82, 2.24) is 4.98 Å². The molecule has 1 aliphatic rings. The number of alkyl halides is 2. The maximum Gasteiger partial charge on any atom is 0.274 e. The van der Waals surface area contributed by atoms with Crippen LogP contribution in [0.4, 0.5) is 18.9 Å². The SMILES string of the molecule is C[C@@]1(c2cc(NC(=O)c3ccc(Cl)cn3)ccc2F)CC[C@@](F)(CF)C(N)=N1. The molecule has 9 heteroatoms. The zero-order chi connectivity index (χ0) is 20.5. The number of amidine groups is 1. The largest absolute Gasteiger partial charge is 0.385 e. The van der Waals surface area contributed by atoms with Gasteiger partial charge in [0, 0.05) is 17.4 Å². The Hall–Kier alpha value is -2.61. The summed E-state index contributed by atoms with van der Waals surface area (Å²) in [7, 11) is 0. The molecule has 2 atom stereocenters. The zero-order valence-corrected chi connectivity index (χ0v) is 15.7. The number of nitrogens with zero attached hydrogens (tertiary/aromatic N) is 2. The molecule has 1 aliphatic heterocycles. The van der Waals surface area contributed by atoms with Crippen LogP contribution in [0.3, 0.4) is 0 Å². The van der Waals surface area contributed by atoms with Crippen LogP contribution in [0.25, 0.3) is 0 Å². The molecule has 0 bridgehead atoms. The second-order valence-corrected chi connectivity index (χ2v) is 7.32. The van der Waals surface area contributed by atoms with Gasteiger partial charge in [-0.1, -0.05) is 11.6 Å². The third kappa shape index (κ3) is 3.82. The molecule has 0 aliphatic carbocycles. The van der Waals surface area contributed by atoms with Gasteiger partial charge >= 0.3 is 0 Å². The highest BCUT2D eigenvalue weighted by molar-refractivity contribution is 6.30. The summed E-state index contributed by atoms with van der Waals surface area (Å²) in [6.45, 7) is 0.299. The topological polar surface area (TPSA) is 80.4 Å². The molecule has 0 saturated carbocycles. The molecule has 1 aromatic carbocycles. The molecule has 5 nitrogen and oxygen atoms in total. The number of hydrogen-bond donors (Lipinski definition) is 2. The van der Waals surface area contributed by atoms with Gasteiger partial charge in [-0.15, -0.1) is 0 Å². The van der Waals surface area contributed by atoms with Crippen LogP contribution in [0.1, 0.15) is 35.8 Å². The van der Waals surface area contributed by atoms with Crippen LogP contribution < -0.4 is 11.1 Å². The average Bonchev–Trinajstić information content (AvgIpc) is 2.67. The van der Waals surface area contributed by atoms with Gasteiger partial charge in [-0.2, -0.15) is 0 Å². The molecule has 1 amide bonds. The molecule has 0 saturated heterocycles. The van der Waals surface area contributed by atoms with Gasteiger partial charge in [0.2, 0.25) is 0 Å². The van der Waals surface area contributed by atoms with Gasteiger partial charge in [0.15, 0.2) is 5.67 Å². The zero-order valence-electron chi connectivity index (χ0n) is 15.0. The summed E-state index contributed by atoms with van der Waals surface area (Å²) in [5.41, 5.74) is 2.66. The van der Waals surface area contributed by atoms with E-state index in [9.17, 15) is 18.0 Å². The lowest BCUT2D eigenvalue weighted by molar-refractivity contribution is 0.102. The van der Waals surface area contributed by atoms with Gasteiger partial charge in [0.1, 0.15) is 24.0 Å². The molecule has 1 aromatic heterocycles. The smallest absolute Gasteiger partial charge is 0.274 e. The van der Waals surface area contributed by atoms with Crippen molar-refractivity contribution in [2.45, 2.75) is 31.0 Å². The summed E-state index contributed by atoms with van der Waals surface area (Å²) in [5.74, 6) is -1.59. The lowest BCUT2D eigenvalue weighted by Crippen LogP contribution is -2.48. The Labute approximate surface area is 164 Å². The summed E-state index contributed by atoms with van der Waals surface area (Å²) in [4.78, 5) is 20.3. The third-order valence-corrected chi connectivity index (χ3v) is 5.03. The number of nitrogens with two attached hydrogens (primary N) is 1. The second kappa shape index (κ2) is 7.43. The van der Waals surface area contributed by atoms with E-state index >= 15 is 0 Å². The lowest BCUT2D eigenvalue weighted by Gasteiger charge is -2.36. The van der Waals surface area contributed by atoms with E-state index in [1.807, 2.05) is 0 Å². The Morgan fingerprint density at radius 1 is 1.32 bits per heavy atom. The van der Waals surface area contributed by atoms with E-state index in [0.29, 0.717) is 10.7 Å². The van der Waals surface area contributed by atoms with E-state index in [2.05, 4.69) is 15.3 Å². The van der Waals surface area contributed by atoms with Crippen LogP contribution >= 0.6 is 11.6 Å². The van der Waals surface area contributed by atoms with E-state index in [4.69, 9.17) is 17.3 Å². The van der Waals surface area contributed by atoms with E-state index in [1.165, 1.54) is 36.5 Å². The van der Waals surface area contributed by atoms with E-state index in [1.54, 1.807) is 6.92 Å². The third-order valence-electron chi connectivity index (χ3n) is 4.81. The fourth-order valence-electron chi connectivity index (χ4n) is 3.04. The van der Waals surface area contributed by atoms with Crippen LogP contribution in [0, 0.1) is 5.82 Å². The fraction of sp³-hybridized carbons (Fsp3) is 0.316. The Balaban J connectivity index is 1.90. The predicted octanol–water partition coefficient (Wildman–Crippen LogP) is 4.17. The van der Waals surface area contributed by atoms with E-state index < -0.39 is 35.4 Å². The van der Waals surface area contributed by atoms with Crippen molar-refractivity contribution in [3.63, 3.8) is 0 Å². The van der Waals surface area contributed by atoms with Crippen LogP contribution in [-0.2, 0) is 5.54 Å². The van der Waals surface area contributed by atoms with Crippen LogP contribution in [-0.4, -0.2) is 29.1 Å². The number of aliphatic imine (C=N–C) groups is 1. The molecule has 2 aromatic rings. The monoisotopic (exact) mass is 410 g/mol. The molecular weight excluding hydrogens is 393 g/mol. The quantitative estimate of drug-likeness (QED) is 0.793. The summed E-state index contributed by atoms with van der Waals surface area (Å²) >= 11 is 5.75. The molecule has 2 heterocycles. The first kappa shape index (κ1) is 20.1. The highest BCUT2D eigenvalue weighted by Crippen LogP contribution is 2.41. The summed E-state index contributed by atoms with van der Waals surface area (Å²) < 4.78 is 41.8. The summed E-state index contributed by atoms with van der Waals surface area (Å²) in [5, 5.41) is 3.00. The Bertz CT molecular complexity index is 937. The van der Waals surface area contributed by atoms with Gasteiger partial charge in [0.25, 0.3) is 5.91 Å². The standard InChI is InChI=1S/C19H18ClF3N4O/c1-18(6-7-19(23,10-21)17(24)27-18)13-8-12(3-4-14(13)22)26-16(28)15-5-2-11(20)9-25-15/h2-5,8-9H,6-7,10H2,1H3,(H2,24,27)(H,26,28)/t18-,19+/m0/s1. The number of hydrogen-bond acceptors (Lipinski definition) is 4. The first-order valence-corrected chi connectivity index (χ1v) is 8.88. The number of benzene rings is 1. The minimum absolute atomic E-state index is 0.0567. The minimum atomic E-state index is -2.33. The van der Waals surface area contributed by atoms with Gasteiger partial charge in [-0.05, 0) is 50.1 Å². The number of pyridine rings is 1. The molecule has 0 unspecified atom stereocenters. The summed E-state index contributed by atoms with van der Waals surface area (Å²) in [6.07, 6.45) is 1.17. The molecular formula is C19H18ClF3N4O. The maximum atomic E-state index is 14.5. The van der Waals surface area contributed by atoms with Crippen molar-refractivity contribution in [3.05, 3.63) is 58.6 Å². The number of rotatable bonds is 4. The molecule has 148 valence electrons. The van der Waals surface area contributed by atoms with E-state index in [-0.39, 0.29) is 24.1 Å². The highest BCUT2D eigenvalue weighted by atomic mass is 35.5. The van der Waals surface area contributed by atoms with E-state index in [0.717, 1.165) is 0 Å². The maximum absolute atomic E-state index is 14.5. The second-order valence-electron chi connectivity index (χ2n) is 6.88. The molecule has 3 N–H and O–H groups in total. The lowest BCUT2D eigenvalue weighted by atomic mass is 9.80. The number of halogens is 4. The first-order chi connectivity index (χ1) is 13.2. The number of aromatic nitrogens is 1. The number of carbonyl (C=O) groups is 1. The number of anilines is 1. The van der Waals surface area contributed by atoms with Gasteiger partial charge in [-0.3, -0.25) is 9.79 Å². The first-order valence-electron chi connectivity index (χ1n) is 8.50. The Morgan fingerprint density at radius 2 is 2.07 bits per heavy atom. The van der Waals surface area contributed by atoms with Crippen LogP contribution in [0.2, 0.25) is 5.02 Å². The number of carbonyl (C=O) groups excluding carboxylic acids is 1. The Morgan fingerprint density at radius 3 is 2.68 bits per heavy atom. The van der Waals surface area contributed by atoms with Crippen molar-refractivity contribution in [2.24, 2.45) is 10.7 Å². The van der Waals surface area contributed by atoms with Gasteiger partial charge in [0.05, 0.1) is 10.6 Å². The number of nitrogens with one attached hydrogen (secondary N) is 1. The Kier molecular flexibility index (Phi) is 5.34. The minimum Gasteiger partial charge on any atom is -0.385 e.